The van der Waals surface area contributed by atoms with Crippen LogP contribution in [-0.2, 0) is 10.8 Å². The highest BCUT2D eigenvalue weighted by Crippen LogP contribution is 2.34. The summed E-state index contributed by atoms with van der Waals surface area (Å²) in [6.45, 7) is 2.24. The van der Waals surface area contributed by atoms with Gasteiger partial charge in [0.15, 0.2) is 11.5 Å². The van der Waals surface area contributed by atoms with E-state index in [1.165, 1.54) is 0 Å². The number of aryl methyl sites for hydroxylation is 1. The molecule has 0 bridgehead atoms. The molecule has 0 spiro atoms. The summed E-state index contributed by atoms with van der Waals surface area (Å²) in [5.41, 5.74) is 8.22. The average Bonchev–Trinajstić information content (AvgIpc) is 2.95. The van der Waals surface area contributed by atoms with Crippen LogP contribution in [0.2, 0.25) is 0 Å². The van der Waals surface area contributed by atoms with Crippen molar-refractivity contribution in [3.8, 4) is 11.5 Å². The molecular formula is C16H17NO3S. The second-order valence-electron chi connectivity index (χ2n) is 5.04. The zero-order valence-electron chi connectivity index (χ0n) is 11.7. The first-order valence-electron chi connectivity index (χ1n) is 6.73. The maximum absolute atomic E-state index is 12.3. The van der Waals surface area contributed by atoms with Crippen molar-refractivity contribution in [2.24, 2.45) is 5.73 Å². The number of benzene rings is 2. The van der Waals surface area contributed by atoms with Crippen molar-refractivity contribution in [1.82, 2.24) is 0 Å². The zero-order chi connectivity index (χ0) is 14.8. The van der Waals surface area contributed by atoms with Crippen molar-refractivity contribution >= 4 is 10.8 Å². The van der Waals surface area contributed by atoms with Crippen LogP contribution in [-0.4, -0.2) is 16.8 Å². The summed E-state index contributed by atoms with van der Waals surface area (Å²) in [5, 5.41) is 0. The van der Waals surface area contributed by atoms with E-state index in [-0.39, 0.29) is 12.8 Å². The quantitative estimate of drug-likeness (QED) is 0.943. The minimum Gasteiger partial charge on any atom is -0.454 e. The van der Waals surface area contributed by atoms with E-state index in [0.29, 0.717) is 11.5 Å². The fraction of sp³-hybridized carbons (Fsp3) is 0.250. The third-order valence-corrected chi connectivity index (χ3v) is 4.90. The molecule has 2 atom stereocenters. The molecule has 3 rings (SSSR count). The molecule has 4 nitrogen and oxygen atoms in total. The van der Waals surface area contributed by atoms with E-state index in [0.717, 1.165) is 21.8 Å². The molecule has 110 valence electrons. The van der Waals surface area contributed by atoms with E-state index < -0.39 is 10.8 Å². The van der Waals surface area contributed by atoms with E-state index in [9.17, 15) is 4.21 Å². The molecule has 2 N–H and O–H groups in total. The molecule has 2 unspecified atom stereocenters. The average molecular weight is 303 g/mol. The van der Waals surface area contributed by atoms with Crippen LogP contribution in [0.15, 0.2) is 47.4 Å². The lowest BCUT2D eigenvalue weighted by atomic mass is 10.1. The zero-order valence-corrected chi connectivity index (χ0v) is 12.6. The fourth-order valence-corrected chi connectivity index (χ4v) is 3.34. The number of fused-ring (bicyclic) bond motifs is 1. The molecule has 2 aromatic carbocycles. The van der Waals surface area contributed by atoms with Crippen LogP contribution in [0.5, 0.6) is 11.5 Å². The smallest absolute Gasteiger partial charge is 0.231 e. The van der Waals surface area contributed by atoms with Gasteiger partial charge in [-0.15, -0.1) is 0 Å². The lowest BCUT2D eigenvalue weighted by molar-refractivity contribution is 0.174. The Kier molecular flexibility index (Phi) is 3.94. The van der Waals surface area contributed by atoms with Gasteiger partial charge in [0, 0.05) is 16.7 Å². The third kappa shape index (κ3) is 3.09. The van der Waals surface area contributed by atoms with E-state index in [4.69, 9.17) is 15.2 Å². The minimum absolute atomic E-state index is 0.239. The van der Waals surface area contributed by atoms with Crippen molar-refractivity contribution in [2.75, 3.05) is 12.5 Å². The molecule has 0 saturated heterocycles. The molecule has 0 amide bonds. The first kappa shape index (κ1) is 14.1. The normalized spacial score (nSPS) is 15.7. The van der Waals surface area contributed by atoms with Gasteiger partial charge in [-0.1, -0.05) is 23.8 Å². The molecule has 0 radical (unpaired) electrons. The Morgan fingerprint density at radius 2 is 1.86 bits per heavy atom. The van der Waals surface area contributed by atoms with Crippen molar-refractivity contribution in [2.45, 2.75) is 17.9 Å². The largest absolute Gasteiger partial charge is 0.454 e. The van der Waals surface area contributed by atoms with E-state index in [2.05, 4.69) is 0 Å². The summed E-state index contributed by atoms with van der Waals surface area (Å²) in [6.07, 6.45) is 0. The Labute approximate surface area is 126 Å². The van der Waals surface area contributed by atoms with Crippen molar-refractivity contribution in [3.05, 3.63) is 53.6 Å². The maximum atomic E-state index is 12.3. The van der Waals surface area contributed by atoms with Gasteiger partial charge in [0.05, 0.1) is 10.8 Å². The highest BCUT2D eigenvalue weighted by Gasteiger charge is 2.17. The number of hydrogen-bond acceptors (Lipinski definition) is 4. The molecule has 1 aliphatic heterocycles. The Hall–Kier alpha value is -1.85. The van der Waals surface area contributed by atoms with Gasteiger partial charge in [0.1, 0.15) is 0 Å². The Balaban J connectivity index is 1.72. The van der Waals surface area contributed by atoms with Crippen LogP contribution in [0.25, 0.3) is 0 Å². The second-order valence-corrected chi connectivity index (χ2v) is 6.54. The van der Waals surface area contributed by atoms with Crippen LogP contribution >= 0.6 is 0 Å². The summed E-state index contributed by atoms with van der Waals surface area (Å²) in [6, 6.07) is 13.0. The first-order valence-corrected chi connectivity index (χ1v) is 8.05. The Morgan fingerprint density at radius 3 is 2.62 bits per heavy atom. The SMILES string of the molecule is Cc1ccc(S(=O)CC(N)c2ccc3c(c2)OCO3)cc1. The van der Waals surface area contributed by atoms with E-state index >= 15 is 0 Å². The molecule has 0 saturated carbocycles. The van der Waals surface area contributed by atoms with Crippen LogP contribution in [0.4, 0.5) is 0 Å². The first-order chi connectivity index (χ1) is 10.1. The Bertz CT molecular complexity index is 670. The summed E-state index contributed by atoms with van der Waals surface area (Å²) in [7, 11) is -1.12. The Morgan fingerprint density at radius 1 is 1.14 bits per heavy atom. The maximum Gasteiger partial charge on any atom is 0.231 e. The van der Waals surface area contributed by atoms with Crippen LogP contribution in [0, 0.1) is 6.92 Å². The summed E-state index contributed by atoms with van der Waals surface area (Å²) in [5.74, 6) is 1.80. The number of nitrogens with two attached hydrogens (primary N) is 1. The van der Waals surface area contributed by atoms with Gasteiger partial charge in [0.25, 0.3) is 0 Å². The van der Waals surface area contributed by atoms with Crippen LogP contribution in [0.1, 0.15) is 17.2 Å². The lowest BCUT2D eigenvalue weighted by Crippen LogP contribution is -2.18. The molecule has 21 heavy (non-hydrogen) atoms. The van der Waals surface area contributed by atoms with Crippen molar-refractivity contribution in [3.63, 3.8) is 0 Å². The summed E-state index contributed by atoms with van der Waals surface area (Å²) < 4.78 is 23.0. The van der Waals surface area contributed by atoms with Gasteiger partial charge in [-0.3, -0.25) is 4.21 Å². The van der Waals surface area contributed by atoms with Crippen molar-refractivity contribution < 1.29 is 13.7 Å². The lowest BCUT2D eigenvalue weighted by Gasteiger charge is -2.12. The third-order valence-electron chi connectivity index (χ3n) is 3.44. The van der Waals surface area contributed by atoms with Crippen LogP contribution in [0.3, 0.4) is 0 Å². The monoisotopic (exact) mass is 303 g/mol. The predicted octanol–water partition coefficient (Wildman–Crippen LogP) is 2.53. The van der Waals surface area contributed by atoms with Crippen molar-refractivity contribution in [1.29, 1.82) is 0 Å². The van der Waals surface area contributed by atoms with Crippen LogP contribution < -0.4 is 15.2 Å². The predicted molar refractivity (Wildman–Crippen MR) is 81.9 cm³/mol. The number of rotatable bonds is 4. The number of ether oxygens (including phenoxy) is 2. The molecule has 5 heteroatoms. The van der Waals surface area contributed by atoms with Gasteiger partial charge in [-0.05, 0) is 36.8 Å². The van der Waals surface area contributed by atoms with Gasteiger partial charge in [-0.25, -0.2) is 0 Å². The second kappa shape index (κ2) is 5.87. The highest BCUT2D eigenvalue weighted by atomic mass is 32.2. The molecule has 0 aliphatic carbocycles. The highest BCUT2D eigenvalue weighted by molar-refractivity contribution is 7.85. The molecule has 1 heterocycles. The summed E-state index contributed by atoms with van der Waals surface area (Å²) in [4.78, 5) is 0.803. The molecule has 2 aromatic rings. The van der Waals surface area contributed by atoms with E-state index in [1.807, 2.05) is 49.4 Å². The van der Waals surface area contributed by atoms with Gasteiger partial charge in [-0.2, -0.15) is 0 Å². The van der Waals surface area contributed by atoms with Gasteiger partial charge in [0.2, 0.25) is 6.79 Å². The molecule has 0 fully saturated rings. The minimum atomic E-state index is -1.12. The topological polar surface area (TPSA) is 61.6 Å². The van der Waals surface area contributed by atoms with E-state index in [1.54, 1.807) is 0 Å². The number of hydrogen-bond donors (Lipinski definition) is 1. The molecular weight excluding hydrogens is 286 g/mol. The van der Waals surface area contributed by atoms with Gasteiger partial charge < -0.3 is 15.2 Å². The molecule has 1 aliphatic rings. The van der Waals surface area contributed by atoms with Gasteiger partial charge >= 0.3 is 0 Å². The molecule has 0 aromatic heterocycles. The fourth-order valence-electron chi connectivity index (χ4n) is 2.19. The summed E-state index contributed by atoms with van der Waals surface area (Å²) >= 11 is 0. The standard InChI is InChI=1S/C16H17NO3S/c1-11-2-5-13(6-3-11)21(18)9-14(17)12-4-7-15-16(8-12)20-10-19-15/h2-8,14H,9-10,17H2,1H3.